The van der Waals surface area contributed by atoms with Crippen molar-refractivity contribution < 1.29 is 8.42 Å². The van der Waals surface area contributed by atoms with Crippen molar-refractivity contribution in [1.29, 1.82) is 0 Å². The summed E-state index contributed by atoms with van der Waals surface area (Å²) in [6.07, 6.45) is 7.86. The minimum Gasteiger partial charge on any atom is -0.267 e. The first-order valence-corrected chi connectivity index (χ1v) is 12.3. The Morgan fingerprint density at radius 2 is 1.65 bits per heavy atom. The summed E-state index contributed by atoms with van der Waals surface area (Å²) in [5.74, 6) is 0. The van der Waals surface area contributed by atoms with Crippen LogP contribution in [0, 0.1) is 27.7 Å². The van der Waals surface area contributed by atoms with E-state index in [1.165, 1.54) is 11.3 Å². The number of pyridine rings is 1. The number of nitrogens with one attached hydrogen (secondary N) is 1. The van der Waals surface area contributed by atoms with Crippen molar-refractivity contribution in [1.82, 2.24) is 19.5 Å². The molecule has 1 aliphatic carbocycles. The van der Waals surface area contributed by atoms with E-state index in [9.17, 15) is 8.42 Å². The van der Waals surface area contributed by atoms with E-state index in [1.54, 1.807) is 12.4 Å². The van der Waals surface area contributed by atoms with E-state index < -0.39 is 10.0 Å². The highest BCUT2D eigenvalue weighted by Crippen LogP contribution is 2.31. The fourth-order valence-electron chi connectivity index (χ4n) is 4.54. The van der Waals surface area contributed by atoms with Crippen molar-refractivity contribution in [3.63, 3.8) is 0 Å². The zero-order valence-corrected chi connectivity index (χ0v) is 19.5. The first-order valence-electron chi connectivity index (χ1n) is 10.9. The lowest BCUT2D eigenvalue weighted by Gasteiger charge is -2.17. The van der Waals surface area contributed by atoms with Crippen LogP contribution in [0.4, 0.5) is 0 Å². The van der Waals surface area contributed by atoms with Crippen LogP contribution < -0.4 is 4.72 Å². The highest BCUT2D eigenvalue weighted by atomic mass is 32.2. The number of rotatable bonds is 6. The molecule has 0 bridgehead atoms. The van der Waals surface area contributed by atoms with Gasteiger partial charge < -0.3 is 0 Å². The van der Waals surface area contributed by atoms with Crippen molar-refractivity contribution in [2.75, 3.05) is 6.54 Å². The summed E-state index contributed by atoms with van der Waals surface area (Å²) in [4.78, 5) is 4.52. The van der Waals surface area contributed by atoms with Gasteiger partial charge in [-0.3, -0.25) is 9.67 Å². The standard InChI is InChI=1S/C24H30N4O2S/c1-16-15-17(2)19(4)24(18(16)3)31(29,30)26-13-14-28-22-8-6-5-7-21(22)23(27-28)20-9-11-25-12-10-20/h9-12,15,26H,5-8,13-14H2,1-4H3. The van der Waals surface area contributed by atoms with Gasteiger partial charge in [0.1, 0.15) is 0 Å². The SMILES string of the molecule is Cc1cc(C)c(C)c(S(=O)(=O)NCCn2nc(-c3ccncc3)c3c2CCCC3)c1C. The molecule has 4 rings (SSSR count). The molecule has 164 valence electrons. The maximum atomic E-state index is 13.1. The summed E-state index contributed by atoms with van der Waals surface area (Å²) in [6, 6.07) is 6.01. The van der Waals surface area contributed by atoms with E-state index in [1.807, 2.05) is 50.6 Å². The minimum absolute atomic E-state index is 0.304. The van der Waals surface area contributed by atoms with Gasteiger partial charge in [0, 0.05) is 35.8 Å². The zero-order valence-electron chi connectivity index (χ0n) is 18.7. The third kappa shape index (κ3) is 4.16. The molecule has 1 aromatic carbocycles. The average Bonchev–Trinajstić information content (AvgIpc) is 3.12. The largest absolute Gasteiger partial charge is 0.267 e. The summed E-state index contributed by atoms with van der Waals surface area (Å²) >= 11 is 0. The number of aryl methyl sites for hydroxylation is 2. The smallest absolute Gasteiger partial charge is 0.241 e. The molecule has 0 saturated heterocycles. The van der Waals surface area contributed by atoms with E-state index in [0.29, 0.717) is 18.0 Å². The summed E-state index contributed by atoms with van der Waals surface area (Å²) < 4.78 is 31.1. The van der Waals surface area contributed by atoms with E-state index in [4.69, 9.17) is 5.10 Å². The fraction of sp³-hybridized carbons (Fsp3) is 0.417. The van der Waals surface area contributed by atoms with Crippen LogP contribution in [0.5, 0.6) is 0 Å². The summed E-state index contributed by atoms with van der Waals surface area (Å²) in [7, 11) is -3.60. The van der Waals surface area contributed by atoms with Crippen LogP contribution in [0.25, 0.3) is 11.3 Å². The van der Waals surface area contributed by atoms with E-state index >= 15 is 0 Å². The van der Waals surface area contributed by atoms with Gasteiger partial charge in [0.2, 0.25) is 10.0 Å². The maximum Gasteiger partial charge on any atom is 0.241 e. The lowest BCUT2D eigenvalue weighted by Crippen LogP contribution is -2.29. The summed E-state index contributed by atoms with van der Waals surface area (Å²) in [5.41, 5.74) is 8.20. The number of hydrogen-bond acceptors (Lipinski definition) is 4. The first-order chi connectivity index (χ1) is 14.8. The predicted molar refractivity (Wildman–Crippen MR) is 123 cm³/mol. The molecule has 1 N–H and O–H groups in total. The molecule has 0 atom stereocenters. The van der Waals surface area contributed by atoms with Crippen LogP contribution >= 0.6 is 0 Å². The van der Waals surface area contributed by atoms with Gasteiger partial charge in [-0.05, 0) is 87.8 Å². The lowest BCUT2D eigenvalue weighted by atomic mass is 9.94. The number of nitrogens with zero attached hydrogens (tertiary/aromatic N) is 3. The lowest BCUT2D eigenvalue weighted by molar-refractivity contribution is 0.538. The van der Waals surface area contributed by atoms with Gasteiger partial charge in [-0.1, -0.05) is 6.07 Å². The molecular formula is C24H30N4O2S. The van der Waals surface area contributed by atoms with E-state index in [0.717, 1.165) is 59.2 Å². The first kappa shape index (κ1) is 21.7. The van der Waals surface area contributed by atoms with Gasteiger partial charge in [-0.2, -0.15) is 5.10 Å². The monoisotopic (exact) mass is 438 g/mol. The third-order valence-electron chi connectivity index (χ3n) is 6.39. The van der Waals surface area contributed by atoms with Gasteiger partial charge in [0.15, 0.2) is 0 Å². The van der Waals surface area contributed by atoms with E-state index in [2.05, 4.69) is 9.71 Å². The molecule has 0 spiro atoms. The van der Waals surface area contributed by atoms with Crippen LogP contribution in [0.2, 0.25) is 0 Å². The van der Waals surface area contributed by atoms with Crippen molar-refractivity contribution >= 4 is 10.0 Å². The molecule has 1 aliphatic rings. The number of benzene rings is 1. The van der Waals surface area contributed by atoms with Gasteiger partial charge >= 0.3 is 0 Å². The molecule has 3 aromatic rings. The molecule has 0 aliphatic heterocycles. The van der Waals surface area contributed by atoms with Crippen LogP contribution in [-0.4, -0.2) is 29.7 Å². The second kappa shape index (κ2) is 8.55. The Morgan fingerprint density at radius 1 is 1.00 bits per heavy atom. The molecule has 0 radical (unpaired) electrons. The number of sulfonamides is 1. The minimum atomic E-state index is -3.60. The molecular weight excluding hydrogens is 408 g/mol. The molecule has 6 nitrogen and oxygen atoms in total. The van der Waals surface area contributed by atoms with Crippen molar-refractivity contribution in [3.8, 4) is 11.3 Å². The molecule has 0 saturated carbocycles. The Balaban J connectivity index is 1.58. The number of hydrogen-bond donors (Lipinski definition) is 1. The average molecular weight is 439 g/mol. The summed E-state index contributed by atoms with van der Waals surface area (Å²) in [5, 5.41) is 4.87. The second-order valence-electron chi connectivity index (χ2n) is 8.43. The quantitative estimate of drug-likeness (QED) is 0.630. The summed E-state index contributed by atoms with van der Waals surface area (Å²) in [6.45, 7) is 8.48. The van der Waals surface area contributed by atoms with Crippen LogP contribution in [-0.2, 0) is 29.4 Å². The molecule has 0 amide bonds. The second-order valence-corrected chi connectivity index (χ2v) is 10.1. The van der Waals surface area contributed by atoms with Crippen molar-refractivity contribution in [2.45, 2.75) is 64.8 Å². The van der Waals surface area contributed by atoms with Gasteiger partial charge in [-0.25, -0.2) is 13.1 Å². The Hall–Kier alpha value is -2.51. The normalized spacial score (nSPS) is 13.9. The maximum absolute atomic E-state index is 13.1. The fourth-order valence-corrected chi connectivity index (χ4v) is 6.17. The highest BCUT2D eigenvalue weighted by Gasteiger charge is 2.24. The van der Waals surface area contributed by atoms with Gasteiger partial charge in [0.25, 0.3) is 0 Å². The predicted octanol–water partition coefficient (Wildman–Crippen LogP) is 4.04. The van der Waals surface area contributed by atoms with Crippen LogP contribution in [0.3, 0.4) is 0 Å². The van der Waals surface area contributed by atoms with Gasteiger partial charge in [-0.15, -0.1) is 0 Å². The van der Waals surface area contributed by atoms with Crippen LogP contribution in [0.15, 0.2) is 35.5 Å². The third-order valence-corrected chi connectivity index (χ3v) is 8.13. The highest BCUT2D eigenvalue weighted by molar-refractivity contribution is 7.89. The molecule has 31 heavy (non-hydrogen) atoms. The van der Waals surface area contributed by atoms with E-state index in [-0.39, 0.29) is 0 Å². The zero-order chi connectivity index (χ0) is 22.2. The van der Waals surface area contributed by atoms with Crippen LogP contribution in [0.1, 0.15) is 46.4 Å². The Kier molecular flexibility index (Phi) is 5.99. The van der Waals surface area contributed by atoms with Gasteiger partial charge in [0.05, 0.1) is 17.1 Å². The Bertz CT molecular complexity index is 1190. The Morgan fingerprint density at radius 3 is 2.32 bits per heavy atom. The van der Waals surface area contributed by atoms with Crippen molar-refractivity contribution in [2.24, 2.45) is 0 Å². The topological polar surface area (TPSA) is 76.9 Å². The molecule has 0 unspecified atom stereocenters. The molecule has 7 heteroatoms. The molecule has 0 fully saturated rings. The number of fused-ring (bicyclic) bond motifs is 1. The molecule has 2 heterocycles. The molecule has 2 aromatic heterocycles. The number of aromatic nitrogens is 3. The Labute approximate surface area is 184 Å². The van der Waals surface area contributed by atoms with Crippen molar-refractivity contribution in [3.05, 3.63) is 64.1 Å².